The number of benzene rings is 1. The molecule has 1 aromatic heterocycles. The zero-order chi connectivity index (χ0) is 12.4. The summed E-state index contributed by atoms with van der Waals surface area (Å²) in [7, 11) is 0. The van der Waals surface area contributed by atoms with Crippen molar-refractivity contribution in [3.63, 3.8) is 0 Å². The van der Waals surface area contributed by atoms with Crippen molar-refractivity contribution in [3.8, 4) is 0 Å². The Balaban J connectivity index is 2.18. The highest BCUT2D eigenvalue weighted by Crippen LogP contribution is 2.25. The minimum atomic E-state index is -0.800. The largest absolute Gasteiger partial charge is 0.449 e. The molecule has 0 spiro atoms. The lowest BCUT2D eigenvalue weighted by Crippen LogP contribution is -2.03. The highest BCUT2D eigenvalue weighted by atomic mass is 79.9. The predicted molar refractivity (Wildman–Crippen MR) is 64.0 cm³/mol. The van der Waals surface area contributed by atoms with Crippen molar-refractivity contribution in [2.45, 2.75) is 19.4 Å². The number of aliphatic hydroxyl groups is 1. The van der Waals surface area contributed by atoms with Gasteiger partial charge in [-0.05, 0) is 27.6 Å². The summed E-state index contributed by atoms with van der Waals surface area (Å²) in [6.07, 6.45) is 0.892. The quantitative estimate of drug-likeness (QED) is 0.947. The summed E-state index contributed by atoms with van der Waals surface area (Å²) in [5.74, 6) is 0.156. The van der Waals surface area contributed by atoms with Crippen molar-refractivity contribution in [3.05, 3.63) is 51.9 Å². The van der Waals surface area contributed by atoms with Crippen molar-refractivity contribution in [1.29, 1.82) is 0 Å². The highest BCUT2D eigenvalue weighted by Gasteiger charge is 2.15. The maximum Gasteiger partial charge on any atom is 0.191 e. The van der Waals surface area contributed by atoms with E-state index in [-0.39, 0.29) is 12.2 Å². The van der Waals surface area contributed by atoms with E-state index in [0.29, 0.717) is 21.6 Å². The van der Waals surface area contributed by atoms with E-state index < -0.39 is 6.10 Å². The molecule has 2 rings (SSSR count). The number of aryl methyl sites for hydroxylation is 1. The monoisotopic (exact) mass is 299 g/mol. The number of halogens is 2. The van der Waals surface area contributed by atoms with Crippen LogP contribution in [-0.4, -0.2) is 10.1 Å². The molecule has 1 N–H and O–H groups in total. The Bertz CT molecular complexity index is 527. The molecule has 0 amide bonds. The van der Waals surface area contributed by atoms with E-state index >= 15 is 0 Å². The first kappa shape index (κ1) is 12.3. The first-order valence-corrected chi connectivity index (χ1v) is 5.90. The number of rotatable bonds is 3. The van der Waals surface area contributed by atoms with Crippen molar-refractivity contribution in [2.75, 3.05) is 0 Å². The number of aromatic nitrogens is 1. The van der Waals surface area contributed by atoms with Gasteiger partial charge in [0.05, 0.1) is 4.47 Å². The van der Waals surface area contributed by atoms with Crippen LogP contribution < -0.4 is 0 Å². The Kier molecular flexibility index (Phi) is 3.59. The summed E-state index contributed by atoms with van der Waals surface area (Å²) in [5.41, 5.74) is 1.15. The molecule has 1 atom stereocenters. The van der Waals surface area contributed by atoms with Gasteiger partial charge in [-0.1, -0.05) is 12.1 Å². The lowest BCUT2D eigenvalue weighted by Gasteiger charge is -2.09. The minimum absolute atomic E-state index is 0.282. The van der Waals surface area contributed by atoms with Crippen LogP contribution in [0.4, 0.5) is 4.39 Å². The van der Waals surface area contributed by atoms with Crippen LogP contribution >= 0.6 is 15.9 Å². The molecule has 3 nitrogen and oxygen atoms in total. The Labute approximate surface area is 106 Å². The van der Waals surface area contributed by atoms with E-state index in [4.69, 9.17) is 4.42 Å². The van der Waals surface area contributed by atoms with Crippen molar-refractivity contribution in [2.24, 2.45) is 0 Å². The summed E-state index contributed by atoms with van der Waals surface area (Å²) < 4.78 is 18.7. The predicted octanol–water partition coefficient (Wildman–Crippen LogP) is 3.16. The molecule has 0 fully saturated rings. The fraction of sp³-hybridized carbons (Fsp3) is 0.250. The van der Waals surface area contributed by atoms with E-state index in [2.05, 4.69) is 20.9 Å². The van der Waals surface area contributed by atoms with Crippen LogP contribution in [0.3, 0.4) is 0 Å². The molecule has 0 aliphatic carbocycles. The summed E-state index contributed by atoms with van der Waals surface area (Å²) in [4.78, 5) is 4.03. The molecular formula is C12H11BrFNO2. The van der Waals surface area contributed by atoms with Gasteiger partial charge in [-0.3, -0.25) is 0 Å². The number of hydrogen-bond acceptors (Lipinski definition) is 3. The zero-order valence-electron chi connectivity index (χ0n) is 9.15. The summed E-state index contributed by atoms with van der Waals surface area (Å²) >= 11 is 3.16. The van der Waals surface area contributed by atoms with Gasteiger partial charge >= 0.3 is 0 Å². The van der Waals surface area contributed by atoms with E-state index in [0.717, 1.165) is 0 Å². The normalized spacial score (nSPS) is 12.7. The Morgan fingerprint density at radius 1 is 1.53 bits per heavy atom. The number of hydrogen-bond donors (Lipinski definition) is 1. The maximum atomic E-state index is 13.3. The van der Waals surface area contributed by atoms with Crippen LogP contribution in [0, 0.1) is 12.7 Å². The van der Waals surface area contributed by atoms with Crippen LogP contribution in [0.1, 0.15) is 23.3 Å². The molecule has 1 heterocycles. The third-order valence-corrected chi connectivity index (χ3v) is 3.31. The highest BCUT2D eigenvalue weighted by molar-refractivity contribution is 9.10. The van der Waals surface area contributed by atoms with E-state index in [1.165, 1.54) is 12.3 Å². The van der Waals surface area contributed by atoms with Gasteiger partial charge in [-0.2, -0.15) is 0 Å². The zero-order valence-corrected chi connectivity index (χ0v) is 10.7. The van der Waals surface area contributed by atoms with Gasteiger partial charge in [-0.15, -0.1) is 0 Å². The molecule has 1 unspecified atom stereocenters. The first-order chi connectivity index (χ1) is 8.08. The number of oxazole rings is 1. The molecule has 0 aliphatic heterocycles. The molecule has 2 aromatic rings. The van der Waals surface area contributed by atoms with Crippen LogP contribution in [0.25, 0.3) is 0 Å². The number of nitrogens with zero attached hydrogens (tertiary/aromatic N) is 1. The standard InChI is InChI=1S/C12H11BrFNO2/c1-7-15-10(6-17-7)11(16)5-8-3-2-4-9(14)12(8)13/h2-4,6,11,16H,5H2,1H3. The second kappa shape index (κ2) is 4.98. The van der Waals surface area contributed by atoms with Crippen molar-refractivity contribution in [1.82, 2.24) is 4.98 Å². The Morgan fingerprint density at radius 3 is 2.94 bits per heavy atom. The maximum absolute atomic E-state index is 13.3. The molecule has 0 saturated heterocycles. The third kappa shape index (κ3) is 2.73. The second-order valence-electron chi connectivity index (χ2n) is 3.72. The van der Waals surface area contributed by atoms with E-state index in [9.17, 15) is 9.50 Å². The smallest absolute Gasteiger partial charge is 0.191 e. The van der Waals surface area contributed by atoms with Gasteiger partial charge in [-0.25, -0.2) is 9.37 Å². The fourth-order valence-electron chi connectivity index (χ4n) is 1.55. The average Bonchev–Trinajstić information content (AvgIpc) is 2.72. The van der Waals surface area contributed by atoms with Gasteiger partial charge in [0.15, 0.2) is 5.89 Å². The molecule has 17 heavy (non-hydrogen) atoms. The molecule has 0 bridgehead atoms. The van der Waals surface area contributed by atoms with Gasteiger partial charge in [0.1, 0.15) is 23.9 Å². The molecular weight excluding hydrogens is 289 g/mol. The van der Waals surface area contributed by atoms with Gasteiger partial charge in [0.25, 0.3) is 0 Å². The molecule has 1 aromatic carbocycles. The Morgan fingerprint density at radius 2 is 2.29 bits per heavy atom. The third-order valence-electron chi connectivity index (χ3n) is 2.42. The summed E-state index contributed by atoms with van der Waals surface area (Å²) in [5, 5.41) is 9.94. The van der Waals surface area contributed by atoms with E-state index in [1.54, 1.807) is 19.1 Å². The van der Waals surface area contributed by atoms with Crippen LogP contribution in [0.15, 0.2) is 33.4 Å². The number of aliphatic hydroxyl groups excluding tert-OH is 1. The van der Waals surface area contributed by atoms with Crippen LogP contribution in [0.5, 0.6) is 0 Å². The van der Waals surface area contributed by atoms with Crippen LogP contribution in [-0.2, 0) is 6.42 Å². The molecule has 5 heteroatoms. The summed E-state index contributed by atoms with van der Waals surface area (Å²) in [6, 6.07) is 4.72. The average molecular weight is 300 g/mol. The van der Waals surface area contributed by atoms with Crippen LogP contribution in [0.2, 0.25) is 0 Å². The van der Waals surface area contributed by atoms with Gasteiger partial charge < -0.3 is 9.52 Å². The molecule has 90 valence electrons. The van der Waals surface area contributed by atoms with Gasteiger partial charge in [0.2, 0.25) is 0 Å². The minimum Gasteiger partial charge on any atom is -0.449 e. The lowest BCUT2D eigenvalue weighted by molar-refractivity contribution is 0.173. The lowest BCUT2D eigenvalue weighted by atomic mass is 10.1. The van der Waals surface area contributed by atoms with Gasteiger partial charge in [0, 0.05) is 13.3 Å². The molecule has 0 radical (unpaired) electrons. The SMILES string of the molecule is Cc1nc(C(O)Cc2cccc(F)c2Br)co1. The Hall–Kier alpha value is -1.20. The summed E-state index contributed by atoms with van der Waals surface area (Å²) in [6.45, 7) is 1.70. The fourth-order valence-corrected chi connectivity index (χ4v) is 1.98. The molecule has 0 saturated carbocycles. The van der Waals surface area contributed by atoms with Crippen molar-refractivity contribution < 1.29 is 13.9 Å². The van der Waals surface area contributed by atoms with E-state index in [1.807, 2.05) is 0 Å². The van der Waals surface area contributed by atoms with Crippen molar-refractivity contribution >= 4 is 15.9 Å². The second-order valence-corrected chi connectivity index (χ2v) is 4.52. The topological polar surface area (TPSA) is 46.3 Å². The first-order valence-electron chi connectivity index (χ1n) is 5.11. The molecule has 0 aliphatic rings.